The van der Waals surface area contributed by atoms with Gasteiger partial charge in [-0.1, -0.05) is 12.1 Å². The third-order valence-corrected chi connectivity index (χ3v) is 3.21. The smallest absolute Gasteiger partial charge is 0.244 e. The van der Waals surface area contributed by atoms with E-state index in [1.54, 1.807) is 31.2 Å². The van der Waals surface area contributed by atoms with E-state index in [2.05, 4.69) is 10.5 Å². The summed E-state index contributed by atoms with van der Waals surface area (Å²) < 4.78 is 5.18. The number of hydrazone groups is 1. The average molecular weight is 314 g/mol. The van der Waals surface area contributed by atoms with Gasteiger partial charge in [0.15, 0.2) is 0 Å². The van der Waals surface area contributed by atoms with Gasteiger partial charge >= 0.3 is 0 Å². The van der Waals surface area contributed by atoms with Crippen LogP contribution in [0.15, 0.2) is 41.5 Å². The maximum atomic E-state index is 11.8. The van der Waals surface area contributed by atoms with Crippen molar-refractivity contribution in [1.29, 1.82) is 0 Å². The highest BCUT2D eigenvalue weighted by atomic mass is 16.5. The van der Waals surface area contributed by atoms with Crippen molar-refractivity contribution < 1.29 is 19.7 Å². The molecule has 2 aromatic carbocycles. The standard InChI is InChI=1S/C17H18N2O4/c1-11-6-14(21)9-16(23-2)15(11)10-18-19-17(22)8-12-4-3-5-13(20)7-12/h3-7,9-10,20-21H,8H2,1-2H3,(H,19,22). The highest BCUT2D eigenvalue weighted by Crippen LogP contribution is 2.26. The van der Waals surface area contributed by atoms with Crippen molar-refractivity contribution in [2.75, 3.05) is 7.11 Å². The van der Waals surface area contributed by atoms with Crippen molar-refractivity contribution in [3.8, 4) is 17.2 Å². The third kappa shape index (κ3) is 4.47. The van der Waals surface area contributed by atoms with E-state index < -0.39 is 0 Å². The third-order valence-electron chi connectivity index (χ3n) is 3.21. The second kappa shape index (κ2) is 7.31. The SMILES string of the molecule is COc1cc(O)cc(C)c1C=NNC(=O)Cc1cccc(O)c1. The zero-order valence-electron chi connectivity index (χ0n) is 12.9. The first-order chi connectivity index (χ1) is 11.0. The summed E-state index contributed by atoms with van der Waals surface area (Å²) in [5, 5.41) is 22.8. The van der Waals surface area contributed by atoms with Gasteiger partial charge in [-0.15, -0.1) is 0 Å². The normalized spacial score (nSPS) is 10.7. The number of methoxy groups -OCH3 is 1. The maximum Gasteiger partial charge on any atom is 0.244 e. The Morgan fingerprint density at radius 2 is 2.04 bits per heavy atom. The summed E-state index contributed by atoms with van der Waals surface area (Å²) >= 11 is 0. The molecule has 0 unspecified atom stereocenters. The Kier molecular flexibility index (Phi) is 5.19. The van der Waals surface area contributed by atoms with E-state index >= 15 is 0 Å². The Hall–Kier alpha value is -3.02. The number of ether oxygens (including phenoxy) is 1. The van der Waals surface area contributed by atoms with Gasteiger partial charge in [0.25, 0.3) is 0 Å². The molecule has 0 radical (unpaired) electrons. The number of amides is 1. The number of nitrogens with zero attached hydrogens (tertiary/aromatic N) is 1. The number of hydrogen-bond donors (Lipinski definition) is 3. The first-order valence-electron chi connectivity index (χ1n) is 6.97. The topological polar surface area (TPSA) is 91.2 Å². The summed E-state index contributed by atoms with van der Waals surface area (Å²) in [6.07, 6.45) is 1.57. The van der Waals surface area contributed by atoms with Crippen molar-refractivity contribution in [1.82, 2.24) is 5.43 Å². The van der Waals surface area contributed by atoms with Crippen molar-refractivity contribution in [2.45, 2.75) is 13.3 Å². The molecule has 0 fully saturated rings. The lowest BCUT2D eigenvalue weighted by atomic mass is 10.1. The molecule has 0 spiro atoms. The Morgan fingerprint density at radius 1 is 1.26 bits per heavy atom. The lowest BCUT2D eigenvalue weighted by Crippen LogP contribution is -2.19. The quantitative estimate of drug-likeness (QED) is 0.582. The summed E-state index contributed by atoms with van der Waals surface area (Å²) in [5.74, 6) is 0.378. The number of aryl methyl sites for hydroxylation is 1. The molecule has 0 bridgehead atoms. The molecule has 2 rings (SSSR count). The molecule has 0 atom stereocenters. The summed E-state index contributed by atoms with van der Waals surface area (Å²) in [6, 6.07) is 9.54. The van der Waals surface area contributed by atoms with Crippen LogP contribution in [0.3, 0.4) is 0 Å². The molecule has 2 aromatic rings. The Labute approximate surface area is 134 Å². The van der Waals surface area contributed by atoms with E-state index in [0.717, 1.165) is 5.56 Å². The van der Waals surface area contributed by atoms with Crippen LogP contribution >= 0.6 is 0 Å². The van der Waals surface area contributed by atoms with Crippen LogP contribution in [0.1, 0.15) is 16.7 Å². The van der Waals surface area contributed by atoms with E-state index in [0.29, 0.717) is 16.9 Å². The van der Waals surface area contributed by atoms with Gasteiger partial charge in [0.1, 0.15) is 17.2 Å². The summed E-state index contributed by atoms with van der Waals surface area (Å²) in [7, 11) is 1.49. The molecule has 1 amide bonds. The minimum absolute atomic E-state index is 0.101. The summed E-state index contributed by atoms with van der Waals surface area (Å²) in [4.78, 5) is 11.8. The van der Waals surface area contributed by atoms with E-state index in [1.165, 1.54) is 25.5 Å². The van der Waals surface area contributed by atoms with Crippen molar-refractivity contribution in [2.24, 2.45) is 5.10 Å². The average Bonchev–Trinajstić information content (AvgIpc) is 2.49. The summed E-state index contributed by atoms with van der Waals surface area (Å²) in [6.45, 7) is 1.80. The number of aromatic hydroxyl groups is 2. The number of benzene rings is 2. The fraction of sp³-hybridized carbons (Fsp3) is 0.176. The molecule has 3 N–H and O–H groups in total. The highest BCUT2D eigenvalue weighted by Gasteiger charge is 2.07. The molecule has 0 saturated carbocycles. The number of hydrogen-bond acceptors (Lipinski definition) is 5. The number of carbonyl (C=O) groups is 1. The second-order valence-corrected chi connectivity index (χ2v) is 5.02. The van der Waals surface area contributed by atoms with Crippen molar-refractivity contribution in [3.63, 3.8) is 0 Å². The molecule has 120 valence electrons. The number of phenolic OH excluding ortho intramolecular Hbond substituents is 2. The van der Waals surface area contributed by atoms with Crippen LogP contribution in [-0.2, 0) is 11.2 Å². The fourth-order valence-corrected chi connectivity index (χ4v) is 2.14. The first-order valence-corrected chi connectivity index (χ1v) is 6.97. The Balaban J connectivity index is 2.03. The van der Waals surface area contributed by atoms with Crippen LogP contribution in [0, 0.1) is 6.92 Å². The first kappa shape index (κ1) is 16.4. The predicted octanol–water partition coefficient (Wildman–Crippen LogP) is 2.11. The molecule has 0 aliphatic rings. The van der Waals surface area contributed by atoms with Gasteiger partial charge in [-0.3, -0.25) is 4.79 Å². The van der Waals surface area contributed by atoms with Crippen LogP contribution in [0.5, 0.6) is 17.2 Å². The van der Waals surface area contributed by atoms with Crippen LogP contribution < -0.4 is 10.2 Å². The molecule has 0 aliphatic carbocycles. The molecule has 0 aromatic heterocycles. The lowest BCUT2D eigenvalue weighted by molar-refractivity contribution is -0.120. The Bertz CT molecular complexity index is 741. The molecule has 0 heterocycles. The zero-order valence-corrected chi connectivity index (χ0v) is 12.9. The van der Waals surface area contributed by atoms with Crippen molar-refractivity contribution >= 4 is 12.1 Å². The van der Waals surface area contributed by atoms with Gasteiger partial charge < -0.3 is 14.9 Å². The van der Waals surface area contributed by atoms with Gasteiger partial charge in [0, 0.05) is 11.6 Å². The van der Waals surface area contributed by atoms with E-state index in [1.807, 2.05) is 0 Å². The summed E-state index contributed by atoms with van der Waals surface area (Å²) in [5.41, 5.74) is 4.55. The molecule has 6 nitrogen and oxygen atoms in total. The second-order valence-electron chi connectivity index (χ2n) is 5.02. The molecule has 6 heteroatoms. The van der Waals surface area contributed by atoms with Gasteiger partial charge in [-0.25, -0.2) is 5.43 Å². The zero-order chi connectivity index (χ0) is 16.8. The molecule has 23 heavy (non-hydrogen) atoms. The number of carbonyl (C=O) groups excluding carboxylic acids is 1. The predicted molar refractivity (Wildman–Crippen MR) is 86.9 cm³/mol. The van der Waals surface area contributed by atoms with Crippen molar-refractivity contribution in [3.05, 3.63) is 53.1 Å². The minimum Gasteiger partial charge on any atom is -0.508 e. The van der Waals surface area contributed by atoms with Crippen LogP contribution in [0.4, 0.5) is 0 Å². The molecule has 0 saturated heterocycles. The van der Waals surface area contributed by atoms with Crippen LogP contribution in [-0.4, -0.2) is 29.4 Å². The number of nitrogens with one attached hydrogen (secondary N) is 1. The van der Waals surface area contributed by atoms with E-state index in [-0.39, 0.29) is 23.8 Å². The highest BCUT2D eigenvalue weighted by molar-refractivity contribution is 5.87. The molecular formula is C17H18N2O4. The van der Waals surface area contributed by atoms with Crippen LogP contribution in [0.25, 0.3) is 0 Å². The lowest BCUT2D eigenvalue weighted by Gasteiger charge is -2.08. The number of rotatable bonds is 5. The van der Waals surface area contributed by atoms with Gasteiger partial charge in [-0.05, 0) is 36.2 Å². The minimum atomic E-state index is -0.303. The molecular weight excluding hydrogens is 296 g/mol. The number of phenols is 2. The van der Waals surface area contributed by atoms with Gasteiger partial charge in [0.2, 0.25) is 5.91 Å². The fourth-order valence-electron chi connectivity index (χ4n) is 2.14. The van der Waals surface area contributed by atoms with E-state index in [9.17, 15) is 15.0 Å². The maximum absolute atomic E-state index is 11.8. The molecule has 0 aliphatic heterocycles. The Morgan fingerprint density at radius 3 is 2.74 bits per heavy atom. The largest absolute Gasteiger partial charge is 0.508 e. The monoisotopic (exact) mass is 314 g/mol. The van der Waals surface area contributed by atoms with E-state index in [4.69, 9.17) is 4.74 Å². The van der Waals surface area contributed by atoms with Gasteiger partial charge in [-0.2, -0.15) is 5.10 Å². The van der Waals surface area contributed by atoms with Crippen LogP contribution in [0.2, 0.25) is 0 Å². The van der Waals surface area contributed by atoms with Gasteiger partial charge in [0.05, 0.1) is 19.7 Å².